The minimum atomic E-state index is -0.644. The maximum Gasteiger partial charge on any atom is 0.338 e. The average molecular weight is 475 g/mol. The molecule has 1 fully saturated rings. The fourth-order valence-corrected chi connectivity index (χ4v) is 4.75. The number of fused-ring (bicyclic) bond motifs is 1. The van der Waals surface area contributed by atoms with E-state index >= 15 is 0 Å². The molecule has 1 aromatic heterocycles. The summed E-state index contributed by atoms with van der Waals surface area (Å²) in [4.78, 5) is 32.1. The van der Waals surface area contributed by atoms with Gasteiger partial charge in [-0.3, -0.25) is 10.1 Å². The predicted molar refractivity (Wildman–Crippen MR) is 135 cm³/mol. The van der Waals surface area contributed by atoms with E-state index in [1.807, 2.05) is 18.2 Å². The number of hydrogen-bond acceptors (Lipinski definition) is 6. The molecule has 0 saturated carbocycles. The third kappa shape index (κ3) is 4.72. The highest BCUT2D eigenvalue weighted by atomic mass is 32.1. The van der Waals surface area contributed by atoms with Gasteiger partial charge in [0.15, 0.2) is 0 Å². The van der Waals surface area contributed by atoms with Crippen molar-refractivity contribution in [1.29, 1.82) is 0 Å². The van der Waals surface area contributed by atoms with Gasteiger partial charge >= 0.3 is 6.03 Å². The fraction of sp³-hybridized carbons (Fsp3) is 0.269. The Bertz CT molecular complexity index is 1190. The molecular weight excluding hydrogens is 448 g/mol. The molecular formula is C26H26N4O3S. The molecule has 7 nitrogen and oxygen atoms in total. The smallest absolute Gasteiger partial charge is 0.338 e. The number of thiol groups is 1. The van der Waals surface area contributed by atoms with Crippen LogP contribution >= 0.6 is 12.8 Å². The van der Waals surface area contributed by atoms with Crippen LogP contribution in [-0.2, 0) is 12.8 Å². The number of benzene rings is 2. The summed E-state index contributed by atoms with van der Waals surface area (Å²) in [5.41, 5.74) is 3.49. The molecule has 0 bridgehead atoms. The molecule has 0 atom stereocenters. The van der Waals surface area contributed by atoms with Gasteiger partial charge < -0.3 is 9.64 Å². The number of nitrogens with zero attached hydrogens (tertiary/aromatic N) is 3. The zero-order valence-corrected chi connectivity index (χ0v) is 19.6. The molecule has 3 aromatic rings. The minimum Gasteiger partial charge on any atom is -0.490 e. The predicted octanol–water partition coefficient (Wildman–Crippen LogP) is 4.43. The van der Waals surface area contributed by atoms with Crippen molar-refractivity contribution in [1.82, 2.24) is 10.3 Å². The quantitative estimate of drug-likeness (QED) is 0.535. The van der Waals surface area contributed by atoms with Crippen molar-refractivity contribution in [2.24, 2.45) is 0 Å². The summed E-state index contributed by atoms with van der Waals surface area (Å²) in [5.74, 6) is 0.746. The van der Waals surface area contributed by atoms with Gasteiger partial charge in [0.2, 0.25) is 0 Å². The van der Waals surface area contributed by atoms with E-state index in [0.29, 0.717) is 22.8 Å². The van der Waals surface area contributed by atoms with Crippen molar-refractivity contribution in [2.45, 2.75) is 31.8 Å². The summed E-state index contributed by atoms with van der Waals surface area (Å²) in [7, 11) is 0. The number of nitrogens with one attached hydrogen (secondary N) is 1. The zero-order valence-electron chi connectivity index (χ0n) is 18.7. The van der Waals surface area contributed by atoms with Gasteiger partial charge in [0.1, 0.15) is 17.7 Å². The molecule has 1 N–H and O–H groups in total. The Morgan fingerprint density at radius 2 is 1.74 bits per heavy atom. The molecule has 0 radical (unpaired) electrons. The Kier molecular flexibility index (Phi) is 6.40. The van der Waals surface area contributed by atoms with Crippen LogP contribution in [-0.4, -0.2) is 36.1 Å². The summed E-state index contributed by atoms with van der Waals surface area (Å²) < 4.78 is 7.29. The lowest BCUT2D eigenvalue weighted by Crippen LogP contribution is -2.39. The highest BCUT2D eigenvalue weighted by Gasteiger charge is 2.25. The van der Waals surface area contributed by atoms with Gasteiger partial charge in [0, 0.05) is 38.2 Å². The Labute approximate surface area is 204 Å². The lowest BCUT2D eigenvalue weighted by molar-refractivity contribution is 0.0966. The van der Waals surface area contributed by atoms with E-state index < -0.39 is 11.9 Å². The number of carbonyl (C=O) groups is 2. The normalized spacial score (nSPS) is 15.1. The summed E-state index contributed by atoms with van der Waals surface area (Å²) >= 11 is 4.34. The third-order valence-corrected chi connectivity index (χ3v) is 6.64. The van der Waals surface area contributed by atoms with Gasteiger partial charge in [0.05, 0.1) is 11.3 Å². The first-order valence-corrected chi connectivity index (χ1v) is 11.9. The van der Waals surface area contributed by atoms with Crippen molar-refractivity contribution >= 4 is 36.3 Å². The number of pyridine rings is 1. The van der Waals surface area contributed by atoms with Crippen molar-refractivity contribution < 1.29 is 14.3 Å². The summed E-state index contributed by atoms with van der Waals surface area (Å²) in [6.45, 7) is 1.70. The van der Waals surface area contributed by atoms with E-state index in [9.17, 15) is 9.59 Å². The number of aromatic nitrogens is 1. The molecule has 3 amide bonds. The molecule has 174 valence electrons. The molecule has 2 heterocycles. The molecule has 1 aliphatic heterocycles. The first-order valence-electron chi connectivity index (χ1n) is 11.5. The molecule has 5 rings (SSSR count). The van der Waals surface area contributed by atoms with Crippen LogP contribution in [0.3, 0.4) is 0 Å². The van der Waals surface area contributed by atoms with E-state index in [4.69, 9.17) is 4.74 Å². The summed E-state index contributed by atoms with van der Waals surface area (Å²) in [5, 5.41) is 2.43. The Hall–Kier alpha value is -3.52. The van der Waals surface area contributed by atoms with Crippen molar-refractivity contribution in [2.75, 3.05) is 22.3 Å². The summed E-state index contributed by atoms with van der Waals surface area (Å²) in [6, 6.07) is 18.2. The first kappa shape index (κ1) is 22.3. The van der Waals surface area contributed by atoms with E-state index in [2.05, 4.69) is 40.1 Å². The largest absolute Gasteiger partial charge is 0.490 e. The lowest BCUT2D eigenvalue weighted by atomic mass is 10.1. The number of urea groups is 1. The average Bonchev–Trinajstić information content (AvgIpc) is 3.53. The van der Waals surface area contributed by atoms with E-state index in [-0.39, 0.29) is 6.10 Å². The van der Waals surface area contributed by atoms with Gasteiger partial charge in [-0.1, -0.05) is 43.1 Å². The van der Waals surface area contributed by atoms with Crippen molar-refractivity contribution in [3.8, 4) is 5.75 Å². The monoisotopic (exact) mass is 474 g/mol. The van der Waals surface area contributed by atoms with Crippen LogP contribution in [0.4, 0.5) is 16.3 Å². The van der Waals surface area contributed by atoms with E-state index in [1.54, 1.807) is 36.5 Å². The number of hydrogen-bond donors (Lipinski definition) is 2. The Morgan fingerprint density at radius 1 is 1.00 bits per heavy atom. The SMILES string of the molecule is O=C(NC(=O)N(S)c1cccc(OC2Cc3ccccc3C2)c1)c1cccnc1N1CCCC1. The molecule has 8 heteroatoms. The van der Waals surface area contributed by atoms with Crippen LogP contribution in [0.25, 0.3) is 0 Å². The van der Waals surface area contributed by atoms with Crippen LogP contribution in [0.15, 0.2) is 66.9 Å². The first-order chi connectivity index (χ1) is 16.6. The third-order valence-electron chi connectivity index (χ3n) is 6.23. The maximum atomic E-state index is 12.9. The number of rotatable bonds is 5. The van der Waals surface area contributed by atoms with Gasteiger partial charge in [0.25, 0.3) is 5.91 Å². The summed E-state index contributed by atoms with van der Waals surface area (Å²) in [6.07, 6.45) is 5.53. The van der Waals surface area contributed by atoms with Crippen molar-refractivity contribution in [3.63, 3.8) is 0 Å². The second kappa shape index (κ2) is 9.77. The van der Waals surface area contributed by atoms with Crippen molar-refractivity contribution in [3.05, 3.63) is 83.6 Å². The molecule has 1 saturated heterocycles. The number of carbonyl (C=O) groups excluding carboxylic acids is 2. The van der Waals surface area contributed by atoms with E-state index in [0.717, 1.165) is 43.1 Å². The topological polar surface area (TPSA) is 74.8 Å². The number of anilines is 2. The lowest BCUT2D eigenvalue weighted by Gasteiger charge is -2.21. The molecule has 0 unspecified atom stereocenters. The van der Waals surface area contributed by atoms with Crippen LogP contribution in [0.5, 0.6) is 5.75 Å². The second-order valence-corrected chi connectivity index (χ2v) is 8.95. The van der Waals surface area contributed by atoms with Gasteiger partial charge in [-0.2, -0.15) is 0 Å². The highest BCUT2D eigenvalue weighted by Crippen LogP contribution is 2.29. The highest BCUT2D eigenvalue weighted by molar-refractivity contribution is 7.82. The Balaban J connectivity index is 1.24. The van der Waals surface area contributed by atoms with Crippen LogP contribution in [0.1, 0.15) is 34.3 Å². The maximum absolute atomic E-state index is 12.9. The molecule has 1 aliphatic carbocycles. The number of imide groups is 1. The minimum absolute atomic E-state index is 0.0472. The van der Waals surface area contributed by atoms with Gasteiger partial charge in [-0.25, -0.2) is 14.1 Å². The number of amides is 3. The second-order valence-electron chi connectivity index (χ2n) is 8.55. The van der Waals surface area contributed by atoms with Crippen LogP contribution in [0, 0.1) is 0 Å². The molecule has 2 aromatic carbocycles. The fourth-order valence-electron chi connectivity index (χ4n) is 4.57. The zero-order chi connectivity index (χ0) is 23.5. The van der Waals surface area contributed by atoms with E-state index in [1.165, 1.54) is 11.1 Å². The van der Waals surface area contributed by atoms with Gasteiger partial charge in [-0.05, 0) is 48.2 Å². The van der Waals surface area contributed by atoms with Crippen LogP contribution in [0.2, 0.25) is 0 Å². The standard InChI is InChI=1S/C26H26N4O3S/c31-25(23-11-6-12-27-24(23)29-13-3-4-14-29)28-26(32)30(34)20-9-5-10-21(17-20)33-22-15-18-7-1-2-8-19(18)16-22/h1-2,5-12,17,22,34H,3-4,13-16H2,(H,28,31,32). The molecule has 34 heavy (non-hydrogen) atoms. The number of ether oxygens (including phenoxy) is 1. The molecule has 0 spiro atoms. The van der Waals surface area contributed by atoms with Crippen LogP contribution < -0.4 is 19.3 Å². The Morgan fingerprint density at radius 3 is 2.47 bits per heavy atom. The molecule has 2 aliphatic rings. The van der Waals surface area contributed by atoms with Gasteiger partial charge in [-0.15, -0.1) is 0 Å².